The number of carbonyl (C=O) groups is 3. The van der Waals surface area contributed by atoms with Crippen molar-refractivity contribution in [3.8, 4) is 0 Å². The third kappa shape index (κ3) is 3.50. The largest absolute Gasteiger partial charge is 0.395 e. The quantitative estimate of drug-likeness (QED) is 0.630. The van der Waals surface area contributed by atoms with E-state index in [-0.39, 0.29) is 36.1 Å². The zero-order chi connectivity index (χ0) is 23.9. The molecule has 4 aliphatic rings. The molecule has 3 amide bonds. The fraction of sp³-hybridized carbons (Fsp3) is 0.500. The number of fused-ring (bicyclic) bond motifs is 2. The van der Waals surface area contributed by atoms with E-state index in [0.29, 0.717) is 19.6 Å². The number of nitrogens with zero attached hydrogens (tertiary/aromatic N) is 3. The molecule has 5 atom stereocenters. The van der Waals surface area contributed by atoms with Crippen LogP contribution in [0, 0.1) is 11.8 Å². The zero-order valence-electron chi connectivity index (χ0n) is 19.4. The summed E-state index contributed by atoms with van der Waals surface area (Å²) in [6, 6.07) is 8.81. The topological polar surface area (TPSA) is 81.2 Å². The Morgan fingerprint density at radius 2 is 1.82 bits per heavy atom. The summed E-state index contributed by atoms with van der Waals surface area (Å²) in [5.41, 5.74) is 0.802. The van der Waals surface area contributed by atoms with Gasteiger partial charge in [-0.25, -0.2) is 0 Å². The van der Waals surface area contributed by atoms with E-state index in [0.717, 1.165) is 18.5 Å². The molecule has 7 nitrogen and oxygen atoms in total. The minimum Gasteiger partial charge on any atom is -0.395 e. The summed E-state index contributed by atoms with van der Waals surface area (Å²) in [6.07, 6.45) is 9.93. The molecule has 1 aromatic carbocycles. The Labute approximate surface area is 204 Å². The maximum Gasteiger partial charge on any atom is 0.247 e. The summed E-state index contributed by atoms with van der Waals surface area (Å²) in [7, 11) is 0. The molecule has 2 saturated heterocycles. The van der Waals surface area contributed by atoms with E-state index >= 15 is 0 Å². The van der Waals surface area contributed by atoms with Gasteiger partial charge in [-0.2, -0.15) is 0 Å². The molecular weight excluding hydrogens is 450 g/mol. The van der Waals surface area contributed by atoms with Gasteiger partial charge in [-0.3, -0.25) is 14.4 Å². The Balaban J connectivity index is 1.57. The van der Waals surface area contributed by atoms with E-state index < -0.39 is 22.6 Å². The summed E-state index contributed by atoms with van der Waals surface area (Å²) < 4.78 is -0.820. The van der Waals surface area contributed by atoms with Crippen molar-refractivity contribution < 1.29 is 19.5 Å². The lowest BCUT2D eigenvalue weighted by Gasteiger charge is -2.35. The standard InChI is InChI=1S/C26H31N3O4S/c1-2-3-13-27-14-8-12-26-21(24(32)29(16-17-30)22(26)25(27)33)20-19(34-26)11-7-15-28(23(20)31)18-9-5-4-6-10-18/h4-12,19-22,30H,2-3,13-17H2,1H3/t19-,20+,21+,22?,26+/m1/s1. The number of rotatable bonds is 6. The van der Waals surface area contributed by atoms with Crippen LogP contribution in [-0.4, -0.2) is 81.5 Å². The molecule has 0 saturated carbocycles. The number of anilines is 1. The number of thioether (sulfide) groups is 1. The van der Waals surface area contributed by atoms with Crippen LogP contribution in [0.15, 0.2) is 54.6 Å². The van der Waals surface area contributed by atoms with Gasteiger partial charge in [0.2, 0.25) is 17.7 Å². The molecule has 1 spiro atoms. The second-order valence-corrected chi connectivity index (χ2v) is 10.8. The van der Waals surface area contributed by atoms with Crippen LogP contribution in [0.1, 0.15) is 19.8 Å². The summed E-state index contributed by atoms with van der Waals surface area (Å²) in [6.45, 7) is 3.54. The Bertz CT molecular complexity index is 1030. The van der Waals surface area contributed by atoms with Crippen LogP contribution in [0.5, 0.6) is 0 Å². The van der Waals surface area contributed by atoms with Gasteiger partial charge in [0.1, 0.15) is 6.04 Å². The van der Waals surface area contributed by atoms with E-state index in [1.54, 1.807) is 21.6 Å². The molecule has 5 rings (SSSR count). The number of aliphatic hydroxyl groups is 1. The molecule has 0 aliphatic carbocycles. The number of amides is 3. The monoisotopic (exact) mass is 481 g/mol. The molecule has 0 radical (unpaired) electrons. The van der Waals surface area contributed by atoms with Crippen LogP contribution in [0.3, 0.4) is 0 Å². The summed E-state index contributed by atoms with van der Waals surface area (Å²) in [4.78, 5) is 46.8. The number of carbonyl (C=O) groups excluding carboxylic acids is 3. The number of likely N-dealkylation sites (tertiary alicyclic amines) is 1. The highest BCUT2D eigenvalue weighted by molar-refractivity contribution is 8.02. The van der Waals surface area contributed by atoms with Crippen LogP contribution in [-0.2, 0) is 14.4 Å². The molecule has 4 aliphatic heterocycles. The molecule has 8 heteroatoms. The van der Waals surface area contributed by atoms with Gasteiger partial charge in [-0.05, 0) is 18.6 Å². The average Bonchev–Trinajstić information content (AvgIpc) is 3.15. The average molecular weight is 482 g/mol. The first kappa shape index (κ1) is 23.2. The van der Waals surface area contributed by atoms with Gasteiger partial charge in [0.05, 0.1) is 23.2 Å². The van der Waals surface area contributed by atoms with Crippen LogP contribution in [0.25, 0.3) is 0 Å². The Hall–Kier alpha value is -2.58. The smallest absolute Gasteiger partial charge is 0.247 e. The number of para-hydroxylation sites is 1. The summed E-state index contributed by atoms with van der Waals surface area (Å²) >= 11 is 1.57. The van der Waals surface area contributed by atoms with Crippen molar-refractivity contribution in [2.24, 2.45) is 11.8 Å². The van der Waals surface area contributed by atoms with Gasteiger partial charge < -0.3 is 19.8 Å². The Morgan fingerprint density at radius 1 is 1.03 bits per heavy atom. The molecule has 1 unspecified atom stereocenters. The van der Waals surface area contributed by atoms with Crippen molar-refractivity contribution in [3.05, 3.63) is 54.6 Å². The number of β-amino-alcohol motifs (C(OH)–C–C–N with tert-alkyl or cyclic N) is 1. The van der Waals surface area contributed by atoms with Gasteiger partial charge in [-0.1, -0.05) is 55.8 Å². The van der Waals surface area contributed by atoms with E-state index in [1.165, 1.54) is 0 Å². The van der Waals surface area contributed by atoms with Gasteiger partial charge in [0, 0.05) is 37.1 Å². The van der Waals surface area contributed by atoms with Crippen LogP contribution >= 0.6 is 11.8 Å². The van der Waals surface area contributed by atoms with Crippen LogP contribution in [0.2, 0.25) is 0 Å². The fourth-order valence-electron chi connectivity index (χ4n) is 5.92. The third-order valence-corrected chi connectivity index (χ3v) is 9.18. The molecule has 2 fully saturated rings. The second kappa shape index (κ2) is 9.23. The lowest BCUT2D eigenvalue weighted by molar-refractivity contribution is -0.143. The van der Waals surface area contributed by atoms with E-state index in [1.807, 2.05) is 59.5 Å². The lowest BCUT2D eigenvalue weighted by atomic mass is 9.78. The van der Waals surface area contributed by atoms with E-state index in [4.69, 9.17) is 0 Å². The predicted octanol–water partition coefficient (Wildman–Crippen LogP) is 2.08. The fourth-order valence-corrected chi connectivity index (χ4v) is 7.93. The second-order valence-electron chi connectivity index (χ2n) is 9.35. The molecule has 0 aromatic heterocycles. The van der Waals surface area contributed by atoms with Gasteiger partial charge in [-0.15, -0.1) is 11.8 Å². The summed E-state index contributed by atoms with van der Waals surface area (Å²) in [5.74, 6) is -1.58. The summed E-state index contributed by atoms with van der Waals surface area (Å²) in [5, 5.41) is 9.56. The van der Waals surface area contributed by atoms with Crippen molar-refractivity contribution in [2.75, 3.05) is 37.7 Å². The van der Waals surface area contributed by atoms with E-state index in [9.17, 15) is 19.5 Å². The van der Waals surface area contributed by atoms with E-state index in [2.05, 4.69) is 6.92 Å². The van der Waals surface area contributed by atoms with Crippen molar-refractivity contribution in [1.82, 2.24) is 9.80 Å². The molecule has 0 bridgehead atoms. The highest BCUT2D eigenvalue weighted by Crippen LogP contribution is 2.61. The minimum absolute atomic E-state index is 0.0805. The van der Waals surface area contributed by atoms with Crippen molar-refractivity contribution in [3.63, 3.8) is 0 Å². The Morgan fingerprint density at radius 3 is 2.56 bits per heavy atom. The molecular formula is C26H31N3O4S. The normalized spacial score (nSPS) is 32.5. The van der Waals surface area contributed by atoms with Crippen LogP contribution < -0.4 is 4.90 Å². The molecule has 180 valence electrons. The number of aliphatic hydroxyl groups excluding tert-OH is 1. The van der Waals surface area contributed by atoms with Crippen molar-refractivity contribution >= 4 is 35.2 Å². The molecule has 1 aromatic rings. The highest BCUT2D eigenvalue weighted by atomic mass is 32.2. The highest BCUT2D eigenvalue weighted by Gasteiger charge is 2.70. The molecule has 34 heavy (non-hydrogen) atoms. The maximum absolute atomic E-state index is 14.0. The van der Waals surface area contributed by atoms with Crippen molar-refractivity contribution in [1.29, 1.82) is 0 Å². The maximum atomic E-state index is 14.0. The van der Waals surface area contributed by atoms with Gasteiger partial charge in [0.25, 0.3) is 0 Å². The third-order valence-electron chi connectivity index (χ3n) is 7.43. The minimum atomic E-state index is -0.820. The zero-order valence-corrected chi connectivity index (χ0v) is 20.2. The van der Waals surface area contributed by atoms with Crippen molar-refractivity contribution in [2.45, 2.75) is 35.8 Å². The molecule has 1 N–H and O–H groups in total. The SMILES string of the molecule is CCCCN1CC=C[C@]23S[C@@H]4C=CCN(c5ccccc5)C(=O)[C@@H]4[C@H]2C(=O)N(CCO)C3C1=O. The first-order valence-corrected chi connectivity index (χ1v) is 13.0. The number of hydrogen-bond acceptors (Lipinski definition) is 5. The Kier molecular flexibility index (Phi) is 6.29. The van der Waals surface area contributed by atoms with Gasteiger partial charge in [0.15, 0.2) is 0 Å². The first-order chi connectivity index (χ1) is 16.5. The number of unbranched alkanes of at least 4 members (excludes halogenated alkanes) is 1. The van der Waals surface area contributed by atoms with Gasteiger partial charge >= 0.3 is 0 Å². The van der Waals surface area contributed by atoms with Crippen LogP contribution in [0.4, 0.5) is 5.69 Å². The number of hydrogen-bond donors (Lipinski definition) is 1. The first-order valence-electron chi connectivity index (χ1n) is 12.1. The predicted molar refractivity (Wildman–Crippen MR) is 132 cm³/mol. The lowest BCUT2D eigenvalue weighted by Crippen LogP contribution is -2.53. The molecule has 4 heterocycles. The number of benzene rings is 1.